The molecule has 0 bridgehead atoms. The van der Waals surface area contributed by atoms with Crippen LogP contribution in [0.3, 0.4) is 0 Å². The van der Waals surface area contributed by atoms with E-state index in [2.05, 4.69) is 86.9 Å². The molecule has 0 spiro atoms. The zero-order valence-electron chi connectivity index (χ0n) is 18.3. The fraction of sp³-hybridized carbons (Fsp3) is 0.947. The molecule has 148 valence electrons. The first-order valence-corrected chi connectivity index (χ1v) is 10.6. The summed E-state index contributed by atoms with van der Waals surface area (Å²) >= 11 is -0.492. The minimum atomic E-state index is -0.492. The SMILES string of the molecule is CC(C)[N-]C(C)[N-]C(C)C.CCC(C)(C)[N]=[Mo]=[N]C(C)(C)CC.[CH3-]. The van der Waals surface area contributed by atoms with E-state index in [1.807, 2.05) is 6.92 Å². The molecule has 0 aliphatic rings. The molecule has 0 radical (unpaired) electrons. The quantitative estimate of drug-likeness (QED) is 0.294. The Hall–Kier alpha value is 0.208. The zero-order valence-corrected chi connectivity index (χ0v) is 20.4. The van der Waals surface area contributed by atoms with E-state index >= 15 is 0 Å². The zero-order chi connectivity index (χ0) is 18.7. The van der Waals surface area contributed by atoms with Gasteiger partial charge in [-0.25, -0.2) is 6.17 Å². The Morgan fingerprint density at radius 3 is 1.25 bits per heavy atom. The molecule has 0 N–H and O–H groups in total. The van der Waals surface area contributed by atoms with Crippen LogP contribution in [0.2, 0.25) is 0 Å². The standard InChI is InChI=1S/C8H18N2.2C5H11N.CH3.Mo/c1-6(2)9-8(5)10-7(3)4;2*1-4-5(2,3)6;;/h6-8H,1-5H3;2*4H2,1-3H3;1H3;/q-2;;;-1;. The maximum absolute atomic E-state index is 4.67. The first kappa shape index (κ1) is 29.0. The van der Waals surface area contributed by atoms with Gasteiger partial charge in [-0.2, -0.15) is 0 Å². The van der Waals surface area contributed by atoms with Gasteiger partial charge in [-0.05, 0) is 0 Å². The van der Waals surface area contributed by atoms with Gasteiger partial charge >= 0.3 is 90.7 Å². The van der Waals surface area contributed by atoms with Crippen LogP contribution in [0, 0.1) is 7.43 Å². The number of hydrogen-bond donors (Lipinski definition) is 0. The summed E-state index contributed by atoms with van der Waals surface area (Å²) in [4.78, 5) is 0. The molecule has 0 saturated carbocycles. The Morgan fingerprint density at radius 1 is 0.750 bits per heavy atom. The van der Waals surface area contributed by atoms with Gasteiger partial charge in [0.05, 0.1) is 0 Å². The van der Waals surface area contributed by atoms with Gasteiger partial charge in [0.1, 0.15) is 0 Å². The number of nitrogens with zero attached hydrogens (tertiary/aromatic N) is 4. The Bertz CT molecular complexity index is 326. The average molecular weight is 424 g/mol. The van der Waals surface area contributed by atoms with Gasteiger partial charge in [-0.3, -0.25) is 0 Å². The average Bonchev–Trinajstić information content (AvgIpc) is 2.37. The van der Waals surface area contributed by atoms with Crippen LogP contribution >= 0.6 is 0 Å². The van der Waals surface area contributed by atoms with Crippen LogP contribution in [0.4, 0.5) is 0 Å². The summed E-state index contributed by atoms with van der Waals surface area (Å²) in [5.74, 6) is 0. The number of rotatable bonds is 8. The molecule has 0 rings (SSSR count). The summed E-state index contributed by atoms with van der Waals surface area (Å²) in [7, 11) is 0. The Kier molecular flexibility index (Phi) is 17.4. The summed E-state index contributed by atoms with van der Waals surface area (Å²) in [5.41, 5.74) is 0.297. The van der Waals surface area contributed by atoms with Crippen LogP contribution in [-0.2, 0) is 18.2 Å². The van der Waals surface area contributed by atoms with E-state index < -0.39 is 18.2 Å². The van der Waals surface area contributed by atoms with Gasteiger partial charge < -0.3 is 18.1 Å². The maximum atomic E-state index is 4.67. The molecule has 0 aliphatic carbocycles. The largest absolute Gasteiger partial charge is 0.358 e. The monoisotopic (exact) mass is 425 g/mol. The third-order valence-electron chi connectivity index (χ3n) is 3.33. The minimum Gasteiger partial charge on any atom is -0.358 e. The fourth-order valence-electron chi connectivity index (χ4n) is 1.27. The second kappa shape index (κ2) is 14.4. The second-order valence-electron chi connectivity index (χ2n) is 7.71. The van der Waals surface area contributed by atoms with Crippen LogP contribution in [0.25, 0.3) is 10.6 Å². The normalized spacial score (nSPS) is 11.8. The Labute approximate surface area is 161 Å². The molecule has 0 fully saturated rings. The smallest absolute Gasteiger partial charge is 0.358 e. The van der Waals surface area contributed by atoms with Gasteiger partial charge in [0.25, 0.3) is 0 Å². The van der Waals surface area contributed by atoms with Gasteiger partial charge in [-0.15, -0.1) is 19.0 Å². The molecule has 0 amide bonds. The predicted molar refractivity (Wildman–Crippen MR) is 106 cm³/mol. The summed E-state index contributed by atoms with van der Waals surface area (Å²) < 4.78 is 9.34. The van der Waals surface area contributed by atoms with Crippen molar-refractivity contribution in [2.24, 2.45) is 6.99 Å². The first-order chi connectivity index (χ1) is 10.3. The molecule has 4 nitrogen and oxygen atoms in total. The summed E-state index contributed by atoms with van der Waals surface area (Å²) in [6.45, 7) is 23.4. The Balaban J connectivity index is -0.000000364. The van der Waals surface area contributed by atoms with Gasteiger partial charge in [0.2, 0.25) is 0 Å². The summed E-state index contributed by atoms with van der Waals surface area (Å²) in [6.07, 6.45) is 2.39. The van der Waals surface area contributed by atoms with Crippen molar-refractivity contribution in [1.82, 2.24) is 0 Å². The van der Waals surface area contributed by atoms with Crippen molar-refractivity contribution in [3.05, 3.63) is 18.1 Å². The number of hydrogen-bond acceptors (Lipinski definition) is 2. The van der Waals surface area contributed by atoms with Crippen molar-refractivity contribution < 1.29 is 18.2 Å². The van der Waals surface area contributed by atoms with Crippen molar-refractivity contribution in [3.63, 3.8) is 0 Å². The van der Waals surface area contributed by atoms with Crippen molar-refractivity contribution in [2.45, 2.75) is 118 Å². The molecule has 0 aromatic heterocycles. The van der Waals surface area contributed by atoms with Crippen LogP contribution in [0.15, 0.2) is 6.99 Å². The van der Waals surface area contributed by atoms with Gasteiger partial charge in [0, 0.05) is 0 Å². The van der Waals surface area contributed by atoms with Crippen LogP contribution in [0.1, 0.15) is 89.0 Å². The topological polar surface area (TPSA) is 52.9 Å². The van der Waals surface area contributed by atoms with Crippen molar-refractivity contribution in [1.29, 1.82) is 0 Å². The molecule has 0 atom stereocenters. The Morgan fingerprint density at radius 2 is 1.04 bits per heavy atom. The van der Waals surface area contributed by atoms with E-state index in [0.717, 1.165) is 12.8 Å². The van der Waals surface area contributed by atoms with E-state index in [1.54, 1.807) is 0 Å². The molecular weight excluding hydrogens is 380 g/mol. The van der Waals surface area contributed by atoms with E-state index in [-0.39, 0.29) is 24.7 Å². The van der Waals surface area contributed by atoms with E-state index in [4.69, 9.17) is 0 Å². The van der Waals surface area contributed by atoms with Crippen molar-refractivity contribution >= 4 is 0 Å². The van der Waals surface area contributed by atoms with Gasteiger partial charge in [-0.1, -0.05) is 27.7 Å². The third kappa shape index (κ3) is 20.3. The molecule has 0 aromatic rings. The maximum Gasteiger partial charge on any atom is -0.358 e. The molecule has 0 unspecified atom stereocenters. The molecule has 0 saturated heterocycles. The van der Waals surface area contributed by atoms with E-state index in [9.17, 15) is 0 Å². The first-order valence-electron chi connectivity index (χ1n) is 8.85. The van der Waals surface area contributed by atoms with E-state index in [1.165, 1.54) is 0 Å². The third-order valence-corrected chi connectivity index (χ3v) is 6.17. The molecule has 0 aromatic carbocycles. The molecule has 0 aliphatic heterocycles. The molecule has 0 heterocycles. The summed E-state index contributed by atoms with van der Waals surface area (Å²) in [6, 6.07) is 0.801. The van der Waals surface area contributed by atoms with Crippen molar-refractivity contribution in [3.8, 4) is 0 Å². The molecule has 24 heavy (non-hydrogen) atoms. The van der Waals surface area contributed by atoms with E-state index in [0.29, 0.717) is 12.1 Å². The van der Waals surface area contributed by atoms with Gasteiger partial charge in [0.15, 0.2) is 0 Å². The molecular formula is C19H43MoN4-3. The van der Waals surface area contributed by atoms with Crippen LogP contribution < -0.4 is 0 Å². The van der Waals surface area contributed by atoms with Crippen molar-refractivity contribution in [2.75, 3.05) is 0 Å². The minimum absolute atomic E-state index is 0. The van der Waals surface area contributed by atoms with Crippen LogP contribution in [0.5, 0.6) is 0 Å². The second-order valence-corrected chi connectivity index (χ2v) is 9.01. The predicted octanol–water partition coefficient (Wildman–Crippen LogP) is 7.16. The molecule has 5 heteroatoms. The fourth-order valence-corrected chi connectivity index (χ4v) is 3.09. The van der Waals surface area contributed by atoms with Crippen LogP contribution in [-0.4, -0.2) is 29.3 Å². The summed E-state index contributed by atoms with van der Waals surface area (Å²) in [5, 5.41) is 8.70.